The predicted octanol–water partition coefficient (Wildman–Crippen LogP) is 3.55. The molecule has 2 heterocycles. The Hall–Kier alpha value is -1.61. The molecule has 3 heteroatoms. The molecule has 3 nitrogen and oxygen atoms in total. The van der Waals surface area contributed by atoms with E-state index in [0.717, 1.165) is 18.8 Å². The Morgan fingerprint density at radius 3 is 2.75 bits per heavy atom. The van der Waals surface area contributed by atoms with Crippen molar-refractivity contribution in [1.29, 1.82) is 0 Å². The minimum absolute atomic E-state index is 0.422. The zero-order chi connectivity index (χ0) is 14.5. The molecule has 0 bridgehead atoms. The number of rotatable bonds is 6. The van der Waals surface area contributed by atoms with Gasteiger partial charge in [-0.1, -0.05) is 26.8 Å². The first-order valence-electron chi connectivity index (χ1n) is 7.41. The van der Waals surface area contributed by atoms with Gasteiger partial charge < -0.3 is 9.88 Å². The highest BCUT2D eigenvalue weighted by molar-refractivity contribution is 5.21. The van der Waals surface area contributed by atoms with Crippen LogP contribution in [0.2, 0.25) is 0 Å². The summed E-state index contributed by atoms with van der Waals surface area (Å²) in [7, 11) is 0. The average Bonchev–Trinajstić information content (AvgIpc) is 2.86. The molecule has 0 saturated carbocycles. The Balaban J connectivity index is 2.14. The summed E-state index contributed by atoms with van der Waals surface area (Å²) in [5.74, 6) is 0.586. The van der Waals surface area contributed by atoms with Crippen LogP contribution in [-0.4, -0.2) is 16.1 Å². The smallest absolute Gasteiger partial charge is 0.0645 e. The molecular weight excluding hydrogens is 246 g/mol. The number of hydrogen-bond acceptors (Lipinski definition) is 2. The van der Waals surface area contributed by atoms with Crippen LogP contribution in [0.5, 0.6) is 0 Å². The van der Waals surface area contributed by atoms with Crippen LogP contribution in [0.1, 0.15) is 43.6 Å². The number of aryl methyl sites for hydroxylation is 1. The van der Waals surface area contributed by atoms with Crippen LogP contribution in [0.4, 0.5) is 0 Å². The summed E-state index contributed by atoms with van der Waals surface area (Å²) in [6.07, 6.45) is 6.25. The molecule has 0 spiro atoms. The van der Waals surface area contributed by atoms with Crippen LogP contribution in [0.25, 0.3) is 0 Å². The molecule has 2 aromatic heterocycles. The van der Waals surface area contributed by atoms with E-state index in [4.69, 9.17) is 0 Å². The van der Waals surface area contributed by atoms with E-state index in [9.17, 15) is 0 Å². The minimum atomic E-state index is 0.422. The van der Waals surface area contributed by atoms with Crippen LogP contribution < -0.4 is 5.32 Å². The van der Waals surface area contributed by atoms with Crippen LogP contribution >= 0.6 is 0 Å². The zero-order valence-electron chi connectivity index (χ0n) is 12.9. The van der Waals surface area contributed by atoms with E-state index in [1.54, 1.807) is 0 Å². The summed E-state index contributed by atoms with van der Waals surface area (Å²) in [6.45, 7) is 10.6. The van der Waals surface area contributed by atoms with Gasteiger partial charge in [0.25, 0.3) is 0 Å². The number of hydrogen-bond donors (Lipinski definition) is 1. The van der Waals surface area contributed by atoms with Gasteiger partial charge in [-0.3, -0.25) is 4.98 Å². The van der Waals surface area contributed by atoms with Crippen molar-refractivity contribution in [3.05, 3.63) is 53.6 Å². The van der Waals surface area contributed by atoms with Gasteiger partial charge in [0.1, 0.15) is 0 Å². The first-order chi connectivity index (χ1) is 9.61. The molecule has 0 fully saturated rings. The molecule has 1 unspecified atom stereocenters. The third-order valence-corrected chi connectivity index (χ3v) is 3.67. The van der Waals surface area contributed by atoms with Gasteiger partial charge >= 0.3 is 0 Å². The van der Waals surface area contributed by atoms with Crippen molar-refractivity contribution >= 4 is 0 Å². The Labute approximate surface area is 122 Å². The van der Waals surface area contributed by atoms with Crippen molar-refractivity contribution in [2.75, 3.05) is 6.54 Å². The van der Waals surface area contributed by atoms with E-state index in [0.29, 0.717) is 12.0 Å². The third-order valence-electron chi connectivity index (χ3n) is 3.67. The highest BCUT2D eigenvalue weighted by Crippen LogP contribution is 2.22. The number of nitrogens with zero attached hydrogens (tertiary/aromatic N) is 2. The summed E-state index contributed by atoms with van der Waals surface area (Å²) in [5.41, 5.74) is 3.74. The summed E-state index contributed by atoms with van der Waals surface area (Å²) >= 11 is 0. The van der Waals surface area contributed by atoms with Gasteiger partial charge in [0.2, 0.25) is 0 Å². The lowest BCUT2D eigenvalue weighted by Gasteiger charge is -2.20. The predicted molar refractivity (Wildman–Crippen MR) is 83.8 cm³/mol. The summed E-state index contributed by atoms with van der Waals surface area (Å²) in [5, 5.41) is 3.56. The molecule has 20 heavy (non-hydrogen) atoms. The van der Waals surface area contributed by atoms with Crippen molar-refractivity contribution in [3.63, 3.8) is 0 Å². The Morgan fingerprint density at radius 2 is 2.10 bits per heavy atom. The van der Waals surface area contributed by atoms with Gasteiger partial charge in [0, 0.05) is 24.6 Å². The molecule has 0 aliphatic carbocycles. The summed E-state index contributed by atoms with van der Waals surface area (Å²) in [4.78, 5) is 4.46. The monoisotopic (exact) mass is 271 g/mol. The average molecular weight is 271 g/mol. The second kappa shape index (κ2) is 6.71. The largest absolute Gasteiger partial charge is 0.348 e. The molecule has 0 aliphatic heterocycles. The lowest BCUT2D eigenvalue weighted by molar-refractivity contribution is 0.421. The van der Waals surface area contributed by atoms with Gasteiger partial charge in [-0.15, -0.1) is 0 Å². The standard InChI is InChI=1S/C17H25N3/c1-5-18-17(13(2)3)15-8-10-20(11-15)12-16-14(4)7-6-9-19-16/h6-11,13,17-18H,5,12H2,1-4H3. The highest BCUT2D eigenvalue weighted by Gasteiger charge is 2.15. The van der Waals surface area contributed by atoms with Gasteiger partial charge in [-0.2, -0.15) is 0 Å². The number of nitrogens with one attached hydrogen (secondary N) is 1. The second-order valence-corrected chi connectivity index (χ2v) is 5.66. The zero-order valence-corrected chi connectivity index (χ0v) is 12.9. The van der Waals surface area contributed by atoms with E-state index in [2.05, 4.69) is 67.1 Å². The third kappa shape index (κ3) is 3.48. The first kappa shape index (κ1) is 14.8. The van der Waals surface area contributed by atoms with Crippen molar-refractivity contribution in [3.8, 4) is 0 Å². The van der Waals surface area contributed by atoms with Gasteiger partial charge in [0.15, 0.2) is 0 Å². The molecule has 108 valence electrons. The maximum absolute atomic E-state index is 4.46. The first-order valence-corrected chi connectivity index (χ1v) is 7.41. The van der Waals surface area contributed by atoms with E-state index in [1.165, 1.54) is 11.1 Å². The Morgan fingerprint density at radius 1 is 1.30 bits per heavy atom. The minimum Gasteiger partial charge on any atom is -0.348 e. The summed E-state index contributed by atoms with van der Waals surface area (Å²) < 4.78 is 2.22. The van der Waals surface area contributed by atoms with E-state index < -0.39 is 0 Å². The quantitative estimate of drug-likeness (QED) is 0.871. The van der Waals surface area contributed by atoms with Crippen molar-refractivity contribution < 1.29 is 0 Å². The van der Waals surface area contributed by atoms with Crippen LogP contribution in [-0.2, 0) is 6.54 Å². The highest BCUT2D eigenvalue weighted by atomic mass is 15.0. The van der Waals surface area contributed by atoms with Crippen LogP contribution in [0, 0.1) is 12.8 Å². The fourth-order valence-electron chi connectivity index (χ4n) is 2.56. The molecule has 0 amide bonds. The fraction of sp³-hybridized carbons (Fsp3) is 0.471. The van der Waals surface area contributed by atoms with Crippen molar-refractivity contribution in [1.82, 2.24) is 14.9 Å². The Bertz CT molecular complexity index is 543. The molecule has 0 aromatic carbocycles. The maximum atomic E-state index is 4.46. The lowest BCUT2D eigenvalue weighted by Crippen LogP contribution is -2.25. The van der Waals surface area contributed by atoms with Gasteiger partial charge in [-0.05, 0) is 42.6 Å². The van der Waals surface area contributed by atoms with Crippen molar-refractivity contribution in [2.24, 2.45) is 5.92 Å². The Kier molecular flexibility index (Phi) is 4.96. The van der Waals surface area contributed by atoms with Gasteiger partial charge in [0.05, 0.1) is 12.2 Å². The second-order valence-electron chi connectivity index (χ2n) is 5.66. The molecule has 0 saturated heterocycles. The maximum Gasteiger partial charge on any atom is 0.0645 e. The normalized spacial score (nSPS) is 12.8. The van der Waals surface area contributed by atoms with Crippen LogP contribution in [0.15, 0.2) is 36.8 Å². The lowest BCUT2D eigenvalue weighted by atomic mass is 9.98. The number of aromatic nitrogens is 2. The van der Waals surface area contributed by atoms with E-state index >= 15 is 0 Å². The molecular formula is C17H25N3. The van der Waals surface area contributed by atoms with Gasteiger partial charge in [-0.25, -0.2) is 0 Å². The topological polar surface area (TPSA) is 29.9 Å². The van der Waals surface area contributed by atoms with E-state index in [1.807, 2.05) is 12.3 Å². The molecule has 0 radical (unpaired) electrons. The summed E-state index contributed by atoms with van der Waals surface area (Å²) in [6, 6.07) is 6.74. The fourth-order valence-corrected chi connectivity index (χ4v) is 2.56. The SMILES string of the molecule is CCNC(c1ccn(Cc2ncccc2C)c1)C(C)C. The van der Waals surface area contributed by atoms with Crippen molar-refractivity contribution in [2.45, 2.75) is 40.3 Å². The van der Waals surface area contributed by atoms with E-state index in [-0.39, 0.29) is 0 Å². The van der Waals surface area contributed by atoms with Crippen LogP contribution in [0.3, 0.4) is 0 Å². The molecule has 2 rings (SSSR count). The molecule has 2 aromatic rings. The molecule has 0 aliphatic rings. The molecule has 1 N–H and O–H groups in total. The number of pyridine rings is 1. The molecule has 1 atom stereocenters.